The molecule has 1 aliphatic rings. The van der Waals surface area contributed by atoms with Crippen LogP contribution in [0, 0.1) is 5.92 Å². The van der Waals surface area contributed by atoms with Crippen molar-refractivity contribution in [3.63, 3.8) is 0 Å². The van der Waals surface area contributed by atoms with Gasteiger partial charge >= 0.3 is 0 Å². The lowest BCUT2D eigenvalue weighted by Gasteiger charge is -2.37. The molecule has 20 heavy (non-hydrogen) atoms. The third-order valence-electron chi connectivity index (χ3n) is 4.88. The molecule has 1 N–H and O–H groups in total. The average Bonchev–Trinajstić information content (AvgIpc) is 2.39. The van der Waals surface area contributed by atoms with Crippen LogP contribution in [0.5, 0.6) is 0 Å². The molecule has 0 amide bonds. The smallest absolute Gasteiger partial charge is 0.0651 e. The number of piperidine rings is 1. The Morgan fingerprint density at radius 1 is 1.05 bits per heavy atom. The maximum absolute atomic E-state index is 11.1. The minimum absolute atomic E-state index is 0.382. The van der Waals surface area contributed by atoms with Crippen LogP contribution in [-0.2, 0) is 0 Å². The first kappa shape index (κ1) is 18.0. The summed E-state index contributed by atoms with van der Waals surface area (Å²) in [5, 5.41) is 11.1. The Labute approximate surface area is 126 Å². The molecular formula is C18H37NO. The molecule has 120 valence electrons. The van der Waals surface area contributed by atoms with Gasteiger partial charge < -0.3 is 10.0 Å². The van der Waals surface area contributed by atoms with Crippen molar-refractivity contribution in [1.29, 1.82) is 0 Å². The first-order chi connectivity index (χ1) is 9.59. The van der Waals surface area contributed by atoms with Gasteiger partial charge in [0.2, 0.25) is 0 Å². The van der Waals surface area contributed by atoms with Crippen molar-refractivity contribution >= 4 is 0 Å². The van der Waals surface area contributed by atoms with Gasteiger partial charge in [0.05, 0.1) is 5.60 Å². The van der Waals surface area contributed by atoms with E-state index in [-0.39, 0.29) is 5.60 Å². The molecular weight excluding hydrogens is 246 g/mol. The van der Waals surface area contributed by atoms with Gasteiger partial charge in [-0.05, 0) is 51.6 Å². The minimum Gasteiger partial charge on any atom is -0.390 e. The summed E-state index contributed by atoms with van der Waals surface area (Å²) in [6.07, 6.45) is 13.1. The van der Waals surface area contributed by atoms with Crippen LogP contribution in [0.25, 0.3) is 0 Å². The maximum Gasteiger partial charge on any atom is 0.0651 e. The Hall–Kier alpha value is -0.0800. The average molecular weight is 283 g/mol. The highest BCUT2D eigenvalue weighted by molar-refractivity contribution is 4.84. The summed E-state index contributed by atoms with van der Waals surface area (Å²) < 4.78 is 0. The fourth-order valence-corrected chi connectivity index (χ4v) is 3.71. The van der Waals surface area contributed by atoms with E-state index in [0.717, 1.165) is 19.3 Å². The van der Waals surface area contributed by atoms with Crippen molar-refractivity contribution < 1.29 is 5.11 Å². The van der Waals surface area contributed by atoms with Gasteiger partial charge in [-0.15, -0.1) is 0 Å². The first-order valence-corrected chi connectivity index (χ1v) is 9.00. The van der Waals surface area contributed by atoms with Gasteiger partial charge in [-0.1, -0.05) is 52.4 Å². The number of hydrogen-bond donors (Lipinski definition) is 1. The molecule has 1 aliphatic heterocycles. The van der Waals surface area contributed by atoms with E-state index in [1.807, 2.05) is 0 Å². The zero-order chi connectivity index (χ0) is 14.8. The first-order valence-electron chi connectivity index (χ1n) is 9.00. The molecule has 1 rings (SSSR count). The van der Waals surface area contributed by atoms with Crippen LogP contribution in [0.1, 0.15) is 84.5 Å². The Morgan fingerprint density at radius 3 is 2.15 bits per heavy atom. The highest BCUT2D eigenvalue weighted by Crippen LogP contribution is 2.32. The predicted molar refractivity (Wildman–Crippen MR) is 88.1 cm³/mol. The van der Waals surface area contributed by atoms with E-state index < -0.39 is 0 Å². The standard InChI is InChI=1S/C18H37NO/c1-4-6-8-12-18(20,13-9-7-5-2)15-17-11-10-14-19(3)16-17/h17,20H,4-16H2,1-3H3. The zero-order valence-electron chi connectivity index (χ0n) is 14.2. The molecule has 0 aromatic carbocycles. The van der Waals surface area contributed by atoms with Gasteiger partial charge in [0.25, 0.3) is 0 Å². The fraction of sp³-hybridized carbons (Fsp3) is 1.00. The highest BCUT2D eigenvalue weighted by Gasteiger charge is 2.31. The largest absolute Gasteiger partial charge is 0.390 e. The molecule has 1 saturated heterocycles. The van der Waals surface area contributed by atoms with Crippen LogP contribution in [0.2, 0.25) is 0 Å². The molecule has 1 heterocycles. The SMILES string of the molecule is CCCCCC(O)(CCCCC)CC1CCCN(C)C1. The Balaban J connectivity index is 2.46. The Morgan fingerprint density at radius 2 is 1.65 bits per heavy atom. The third-order valence-corrected chi connectivity index (χ3v) is 4.88. The molecule has 0 radical (unpaired) electrons. The van der Waals surface area contributed by atoms with E-state index in [0.29, 0.717) is 5.92 Å². The van der Waals surface area contributed by atoms with Gasteiger partial charge in [-0.2, -0.15) is 0 Å². The fourth-order valence-electron chi connectivity index (χ4n) is 3.71. The van der Waals surface area contributed by atoms with Crippen LogP contribution in [0.4, 0.5) is 0 Å². The molecule has 0 aliphatic carbocycles. The van der Waals surface area contributed by atoms with Crippen LogP contribution in [0.15, 0.2) is 0 Å². The highest BCUT2D eigenvalue weighted by atomic mass is 16.3. The molecule has 1 fully saturated rings. The second-order valence-corrected chi connectivity index (χ2v) is 7.11. The third kappa shape index (κ3) is 7.08. The second-order valence-electron chi connectivity index (χ2n) is 7.11. The monoisotopic (exact) mass is 283 g/mol. The molecule has 2 nitrogen and oxygen atoms in total. The predicted octanol–water partition coefficient (Wildman–Crippen LogP) is 4.61. The summed E-state index contributed by atoms with van der Waals surface area (Å²) in [5.41, 5.74) is -0.382. The molecule has 0 bridgehead atoms. The number of rotatable bonds is 10. The van der Waals surface area contributed by atoms with Crippen LogP contribution >= 0.6 is 0 Å². The maximum atomic E-state index is 11.1. The van der Waals surface area contributed by atoms with Crippen molar-refractivity contribution in [3.05, 3.63) is 0 Å². The van der Waals surface area contributed by atoms with E-state index in [1.54, 1.807) is 0 Å². The summed E-state index contributed by atoms with van der Waals surface area (Å²) in [6.45, 7) is 6.91. The van der Waals surface area contributed by atoms with Crippen LogP contribution < -0.4 is 0 Å². The van der Waals surface area contributed by atoms with Gasteiger partial charge in [0, 0.05) is 6.54 Å². The van der Waals surface area contributed by atoms with Crippen molar-refractivity contribution in [2.45, 2.75) is 90.1 Å². The molecule has 0 spiro atoms. The summed E-state index contributed by atoms with van der Waals surface area (Å²) in [4.78, 5) is 2.44. The van der Waals surface area contributed by atoms with Crippen LogP contribution in [0.3, 0.4) is 0 Å². The van der Waals surface area contributed by atoms with Gasteiger partial charge in [-0.25, -0.2) is 0 Å². The van der Waals surface area contributed by atoms with Crippen molar-refractivity contribution in [2.75, 3.05) is 20.1 Å². The second kappa shape index (κ2) is 9.78. The Kier molecular flexibility index (Phi) is 8.79. The van der Waals surface area contributed by atoms with E-state index >= 15 is 0 Å². The molecule has 1 atom stereocenters. The lowest BCUT2D eigenvalue weighted by Crippen LogP contribution is -2.38. The van der Waals surface area contributed by atoms with Gasteiger partial charge in [0.1, 0.15) is 0 Å². The lowest BCUT2D eigenvalue weighted by atomic mass is 9.79. The quantitative estimate of drug-likeness (QED) is 0.592. The number of likely N-dealkylation sites (tertiary alicyclic amines) is 1. The normalized spacial score (nSPS) is 21.3. The van der Waals surface area contributed by atoms with E-state index in [9.17, 15) is 5.11 Å². The van der Waals surface area contributed by atoms with Gasteiger partial charge in [0.15, 0.2) is 0 Å². The lowest BCUT2D eigenvalue weighted by molar-refractivity contribution is -0.0142. The summed E-state index contributed by atoms with van der Waals surface area (Å²) in [6, 6.07) is 0. The molecule has 0 aromatic heterocycles. The summed E-state index contributed by atoms with van der Waals surface area (Å²) >= 11 is 0. The van der Waals surface area contributed by atoms with Crippen molar-refractivity contribution in [1.82, 2.24) is 4.90 Å². The molecule has 1 unspecified atom stereocenters. The van der Waals surface area contributed by atoms with E-state index in [1.165, 1.54) is 64.5 Å². The zero-order valence-corrected chi connectivity index (χ0v) is 14.2. The molecule has 0 aromatic rings. The van der Waals surface area contributed by atoms with Crippen LogP contribution in [-0.4, -0.2) is 35.7 Å². The minimum atomic E-state index is -0.382. The van der Waals surface area contributed by atoms with Crippen molar-refractivity contribution in [3.8, 4) is 0 Å². The number of unbranched alkanes of at least 4 members (excludes halogenated alkanes) is 4. The number of nitrogens with zero attached hydrogens (tertiary/aromatic N) is 1. The van der Waals surface area contributed by atoms with Gasteiger partial charge in [-0.3, -0.25) is 0 Å². The topological polar surface area (TPSA) is 23.5 Å². The number of aliphatic hydroxyl groups is 1. The summed E-state index contributed by atoms with van der Waals surface area (Å²) in [5.74, 6) is 0.710. The van der Waals surface area contributed by atoms with E-state index in [2.05, 4.69) is 25.8 Å². The van der Waals surface area contributed by atoms with E-state index in [4.69, 9.17) is 0 Å². The molecule has 2 heteroatoms. The molecule has 0 saturated carbocycles. The van der Waals surface area contributed by atoms with Crippen molar-refractivity contribution in [2.24, 2.45) is 5.92 Å². The Bertz CT molecular complexity index is 232. The summed E-state index contributed by atoms with van der Waals surface area (Å²) in [7, 11) is 2.22. The number of hydrogen-bond acceptors (Lipinski definition) is 2.